The smallest absolute Gasteiger partial charge is 0.338 e. The highest BCUT2D eigenvalue weighted by Crippen LogP contribution is 2.31. The molecule has 0 radical (unpaired) electrons. The van der Waals surface area contributed by atoms with Crippen molar-refractivity contribution in [3.05, 3.63) is 70.4 Å². The number of halogens is 1. The Labute approximate surface area is 208 Å². The van der Waals surface area contributed by atoms with E-state index in [0.717, 1.165) is 17.7 Å². The van der Waals surface area contributed by atoms with Crippen LogP contribution in [0, 0.1) is 5.92 Å². The number of carbonyl (C=O) groups is 4. The number of nitrogens with one attached hydrogen (secondary N) is 1. The number of piperidine rings is 1. The van der Waals surface area contributed by atoms with Gasteiger partial charge in [-0.05, 0) is 62.1 Å². The van der Waals surface area contributed by atoms with E-state index in [1.165, 1.54) is 18.2 Å². The van der Waals surface area contributed by atoms with Gasteiger partial charge in [0.05, 0.1) is 17.9 Å². The lowest BCUT2D eigenvalue weighted by Crippen LogP contribution is -2.39. The van der Waals surface area contributed by atoms with Gasteiger partial charge in [0.15, 0.2) is 0 Å². The maximum atomic E-state index is 13.1. The second-order valence-corrected chi connectivity index (χ2v) is 8.99. The lowest BCUT2D eigenvalue weighted by molar-refractivity contribution is -0.120. The Bertz CT molecular complexity index is 1220. The molecule has 2 aliphatic rings. The van der Waals surface area contributed by atoms with Gasteiger partial charge in [0, 0.05) is 24.3 Å². The molecule has 3 amide bonds. The number of nitrogens with zero attached hydrogens (tertiary/aromatic N) is 2. The van der Waals surface area contributed by atoms with Gasteiger partial charge in [-0.25, -0.2) is 9.69 Å². The van der Waals surface area contributed by atoms with Crippen LogP contribution in [0.3, 0.4) is 0 Å². The lowest BCUT2D eigenvalue weighted by atomic mass is 9.99. The van der Waals surface area contributed by atoms with E-state index in [4.69, 9.17) is 16.3 Å². The van der Waals surface area contributed by atoms with Gasteiger partial charge in [-0.3, -0.25) is 14.4 Å². The second kappa shape index (κ2) is 10.3. The van der Waals surface area contributed by atoms with Gasteiger partial charge in [0.1, 0.15) is 10.7 Å². The highest BCUT2D eigenvalue weighted by molar-refractivity contribution is 6.53. The van der Waals surface area contributed by atoms with E-state index in [2.05, 4.69) is 12.2 Å². The average molecular weight is 496 g/mol. The normalized spacial score (nSPS) is 18.2. The Kier molecular flexibility index (Phi) is 7.21. The maximum Gasteiger partial charge on any atom is 0.338 e. The molecule has 2 aromatic carbocycles. The molecule has 2 aliphatic heterocycles. The molecule has 0 bridgehead atoms. The minimum absolute atomic E-state index is 0.0773. The van der Waals surface area contributed by atoms with Crippen molar-refractivity contribution in [1.29, 1.82) is 0 Å². The molecule has 1 fully saturated rings. The molecule has 1 N–H and O–H groups in total. The molecular formula is C26H26ClN3O5. The van der Waals surface area contributed by atoms with Crippen LogP contribution in [0.1, 0.15) is 47.4 Å². The summed E-state index contributed by atoms with van der Waals surface area (Å²) in [4.78, 5) is 53.8. The van der Waals surface area contributed by atoms with Crippen LogP contribution in [-0.2, 0) is 14.3 Å². The summed E-state index contributed by atoms with van der Waals surface area (Å²) >= 11 is 6.25. The van der Waals surface area contributed by atoms with Gasteiger partial charge in [0.2, 0.25) is 0 Å². The number of imide groups is 1. The molecule has 1 saturated heterocycles. The summed E-state index contributed by atoms with van der Waals surface area (Å²) in [5, 5.41) is 2.63. The third kappa shape index (κ3) is 5.07. The zero-order valence-electron chi connectivity index (χ0n) is 19.5. The lowest BCUT2D eigenvalue weighted by Gasteiger charge is -2.31. The van der Waals surface area contributed by atoms with E-state index < -0.39 is 17.8 Å². The van der Waals surface area contributed by atoms with Crippen LogP contribution in [0.4, 0.5) is 11.4 Å². The topological polar surface area (TPSA) is 96.0 Å². The summed E-state index contributed by atoms with van der Waals surface area (Å²) in [6.07, 6.45) is 2.07. The molecule has 9 heteroatoms. The summed E-state index contributed by atoms with van der Waals surface area (Å²) in [6, 6.07) is 12.8. The number of carbonyl (C=O) groups excluding carboxylic acids is 4. The first kappa shape index (κ1) is 24.5. The molecule has 1 atom stereocenters. The van der Waals surface area contributed by atoms with Crippen molar-refractivity contribution in [3.8, 4) is 0 Å². The minimum atomic E-state index is -0.713. The van der Waals surface area contributed by atoms with E-state index in [9.17, 15) is 19.2 Å². The predicted octanol–water partition coefficient (Wildman–Crippen LogP) is 4.17. The summed E-state index contributed by atoms with van der Waals surface area (Å²) in [6.45, 7) is 5.44. The van der Waals surface area contributed by atoms with Gasteiger partial charge in [-0.1, -0.05) is 30.7 Å². The second-order valence-electron chi connectivity index (χ2n) is 8.61. The summed E-state index contributed by atoms with van der Waals surface area (Å²) < 4.78 is 4.99. The van der Waals surface area contributed by atoms with Crippen LogP contribution in [0.25, 0.3) is 0 Å². The molecule has 0 aromatic heterocycles. The van der Waals surface area contributed by atoms with Crippen LogP contribution in [0.2, 0.25) is 0 Å². The van der Waals surface area contributed by atoms with Crippen LogP contribution >= 0.6 is 11.6 Å². The van der Waals surface area contributed by atoms with Crippen molar-refractivity contribution < 1.29 is 23.9 Å². The number of rotatable bonds is 6. The zero-order chi connectivity index (χ0) is 25.1. The Morgan fingerprint density at radius 2 is 1.83 bits per heavy atom. The van der Waals surface area contributed by atoms with Crippen molar-refractivity contribution in [2.45, 2.75) is 26.7 Å². The SMILES string of the molecule is CCOC(=O)c1cccc(N2C(=O)C(Cl)=C(Nc3cccc(C(=O)N4CCCC(C)C4)c3)C2=O)c1. The van der Waals surface area contributed by atoms with E-state index in [0.29, 0.717) is 30.3 Å². The Morgan fingerprint density at radius 1 is 1.09 bits per heavy atom. The monoisotopic (exact) mass is 495 g/mol. The van der Waals surface area contributed by atoms with Gasteiger partial charge >= 0.3 is 5.97 Å². The third-order valence-corrected chi connectivity index (χ3v) is 6.32. The Balaban J connectivity index is 1.54. The minimum Gasteiger partial charge on any atom is -0.462 e. The fourth-order valence-electron chi connectivity index (χ4n) is 4.26. The van der Waals surface area contributed by atoms with Crippen molar-refractivity contribution in [2.75, 3.05) is 29.9 Å². The van der Waals surface area contributed by atoms with E-state index in [1.807, 2.05) is 4.90 Å². The number of amides is 3. The number of benzene rings is 2. The Morgan fingerprint density at radius 3 is 2.57 bits per heavy atom. The van der Waals surface area contributed by atoms with E-state index in [-0.39, 0.29) is 34.5 Å². The van der Waals surface area contributed by atoms with E-state index >= 15 is 0 Å². The van der Waals surface area contributed by atoms with Crippen molar-refractivity contribution in [3.63, 3.8) is 0 Å². The first-order valence-electron chi connectivity index (χ1n) is 11.5. The van der Waals surface area contributed by atoms with Crippen molar-refractivity contribution in [2.24, 2.45) is 5.92 Å². The molecule has 0 saturated carbocycles. The zero-order valence-corrected chi connectivity index (χ0v) is 20.3. The maximum absolute atomic E-state index is 13.1. The molecular weight excluding hydrogens is 470 g/mol. The molecule has 0 aliphatic carbocycles. The summed E-state index contributed by atoms with van der Waals surface area (Å²) in [5.74, 6) is -1.56. The van der Waals surface area contributed by atoms with Crippen molar-refractivity contribution >= 4 is 46.7 Å². The first-order chi connectivity index (χ1) is 16.8. The predicted molar refractivity (Wildman–Crippen MR) is 132 cm³/mol. The largest absolute Gasteiger partial charge is 0.462 e. The average Bonchev–Trinajstić information content (AvgIpc) is 3.07. The number of hydrogen-bond acceptors (Lipinski definition) is 6. The Hall–Kier alpha value is -3.65. The summed E-state index contributed by atoms with van der Waals surface area (Å²) in [5.41, 5.74) is 1.24. The quantitative estimate of drug-likeness (QED) is 0.477. The van der Waals surface area contributed by atoms with Gasteiger partial charge in [-0.15, -0.1) is 0 Å². The highest BCUT2D eigenvalue weighted by atomic mass is 35.5. The molecule has 2 heterocycles. The molecule has 8 nitrogen and oxygen atoms in total. The van der Waals surface area contributed by atoms with Crippen LogP contribution in [-0.4, -0.2) is 48.3 Å². The molecule has 35 heavy (non-hydrogen) atoms. The molecule has 182 valence electrons. The fraction of sp³-hybridized carbons (Fsp3) is 0.308. The number of hydrogen-bond donors (Lipinski definition) is 1. The number of anilines is 2. The number of esters is 1. The van der Waals surface area contributed by atoms with Gasteiger partial charge in [0.25, 0.3) is 17.7 Å². The van der Waals surface area contributed by atoms with Gasteiger partial charge < -0.3 is 15.0 Å². The standard InChI is InChI=1S/C26H26ClN3O5/c1-3-35-26(34)18-9-5-11-20(14-18)30-24(32)21(27)22(25(30)33)28-19-10-4-8-17(13-19)23(31)29-12-6-7-16(2)15-29/h4-5,8-11,13-14,16,28H,3,6-7,12,15H2,1-2H3. The van der Waals surface area contributed by atoms with Crippen LogP contribution < -0.4 is 10.2 Å². The van der Waals surface area contributed by atoms with Crippen molar-refractivity contribution in [1.82, 2.24) is 4.90 Å². The van der Waals surface area contributed by atoms with Crippen LogP contribution in [0.15, 0.2) is 59.3 Å². The molecule has 1 unspecified atom stereocenters. The fourth-order valence-corrected chi connectivity index (χ4v) is 4.48. The third-order valence-electron chi connectivity index (χ3n) is 5.97. The highest BCUT2D eigenvalue weighted by Gasteiger charge is 2.39. The first-order valence-corrected chi connectivity index (χ1v) is 11.9. The molecule has 4 rings (SSSR count). The van der Waals surface area contributed by atoms with Crippen LogP contribution in [0.5, 0.6) is 0 Å². The molecule has 2 aromatic rings. The van der Waals surface area contributed by atoms with Gasteiger partial charge in [-0.2, -0.15) is 0 Å². The number of ether oxygens (including phenoxy) is 1. The van der Waals surface area contributed by atoms with E-state index in [1.54, 1.807) is 37.3 Å². The molecule has 0 spiro atoms. The summed E-state index contributed by atoms with van der Waals surface area (Å²) in [7, 11) is 0. The number of likely N-dealkylation sites (tertiary alicyclic amines) is 1.